The molecule has 8 heteroatoms. The van der Waals surface area contributed by atoms with E-state index in [2.05, 4.69) is 10.2 Å². The Labute approximate surface area is 213 Å². The number of fused-ring (bicyclic) bond motifs is 4. The maximum Gasteiger partial charge on any atom is 0.269 e. The van der Waals surface area contributed by atoms with Gasteiger partial charge in [0, 0.05) is 52.5 Å². The summed E-state index contributed by atoms with van der Waals surface area (Å²) < 4.78 is 0. The van der Waals surface area contributed by atoms with Crippen LogP contribution in [0.15, 0.2) is 66.7 Å². The zero-order chi connectivity index (χ0) is 25.2. The van der Waals surface area contributed by atoms with Gasteiger partial charge in [-0.25, -0.2) is 0 Å². The molecule has 2 fully saturated rings. The van der Waals surface area contributed by atoms with Crippen molar-refractivity contribution in [3.63, 3.8) is 0 Å². The lowest BCUT2D eigenvalue weighted by Crippen LogP contribution is -2.52. The van der Waals surface area contributed by atoms with Crippen molar-refractivity contribution in [1.82, 2.24) is 4.90 Å². The van der Waals surface area contributed by atoms with Crippen LogP contribution >= 0.6 is 11.8 Å². The third kappa shape index (κ3) is 3.17. The molecule has 1 N–H and O–H groups in total. The quantitative estimate of drug-likeness (QED) is 0.308. The molecule has 182 valence electrons. The van der Waals surface area contributed by atoms with Crippen LogP contribution < -0.4 is 5.32 Å². The summed E-state index contributed by atoms with van der Waals surface area (Å²) in [7, 11) is 0. The molecule has 0 bridgehead atoms. The fourth-order valence-electron chi connectivity index (χ4n) is 6.31. The second kappa shape index (κ2) is 8.28. The topological polar surface area (TPSA) is 92.5 Å². The number of nitro benzene ring substituents is 1. The molecule has 3 heterocycles. The van der Waals surface area contributed by atoms with Crippen molar-refractivity contribution in [2.45, 2.75) is 31.3 Å². The van der Waals surface area contributed by atoms with E-state index in [0.717, 1.165) is 33.7 Å². The molecule has 6 rings (SSSR count). The number of nitrogens with zero attached hydrogens (tertiary/aromatic N) is 2. The summed E-state index contributed by atoms with van der Waals surface area (Å²) in [6, 6.07) is 19.8. The first-order valence-corrected chi connectivity index (χ1v) is 13.1. The van der Waals surface area contributed by atoms with Gasteiger partial charge < -0.3 is 5.32 Å². The SMILES string of the molecule is Cc1ccc(C(=O)[C@@H]2[C@@H](c3cccc([N+](=O)[O-])c3)[C@@H]3CSCN3[C@@]23C(=O)Nc2ccc(C)cc23)cc1. The molecule has 0 unspecified atom stereocenters. The number of anilines is 1. The molecule has 3 aliphatic heterocycles. The molecule has 3 aromatic carbocycles. The van der Waals surface area contributed by atoms with E-state index in [1.807, 2.05) is 62.4 Å². The van der Waals surface area contributed by atoms with Gasteiger partial charge in [0.05, 0.1) is 10.8 Å². The number of hydrogen-bond donors (Lipinski definition) is 1. The van der Waals surface area contributed by atoms with Crippen molar-refractivity contribution in [3.05, 3.63) is 105 Å². The number of thioether (sulfide) groups is 1. The minimum atomic E-state index is -1.19. The highest BCUT2D eigenvalue weighted by molar-refractivity contribution is 7.99. The van der Waals surface area contributed by atoms with Gasteiger partial charge in [-0.2, -0.15) is 0 Å². The van der Waals surface area contributed by atoms with Crippen LogP contribution in [0.25, 0.3) is 0 Å². The second-order valence-corrected chi connectivity index (χ2v) is 10.9. The monoisotopic (exact) mass is 499 g/mol. The minimum Gasteiger partial charge on any atom is -0.324 e. The van der Waals surface area contributed by atoms with Crippen molar-refractivity contribution < 1.29 is 14.5 Å². The number of carbonyl (C=O) groups is 2. The van der Waals surface area contributed by atoms with Crippen molar-refractivity contribution in [3.8, 4) is 0 Å². The summed E-state index contributed by atoms with van der Waals surface area (Å²) in [5.41, 5.74) is 3.65. The zero-order valence-electron chi connectivity index (χ0n) is 19.9. The number of Topliss-reactive ketones (excluding diaryl/α,β-unsaturated/α-hetero) is 1. The average molecular weight is 500 g/mol. The number of non-ortho nitro benzene ring substituents is 1. The summed E-state index contributed by atoms with van der Waals surface area (Å²) in [4.78, 5) is 41.9. The molecule has 7 nitrogen and oxygen atoms in total. The van der Waals surface area contributed by atoms with Gasteiger partial charge in [0.1, 0.15) is 5.54 Å². The summed E-state index contributed by atoms with van der Waals surface area (Å²) >= 11 is 1.73. The third-order valence-electron chi connectivity index (χ3n) is 7.86. The van der Waals surface area contributed by atoms with Gasteiger partial charge in [0.25, 0.3) is 5.69 Å². The van der Waals surface area contributed by atoms with E-state index in [-0.39, 0.29) is 29.3 Å². The zero-order valence-corrected chi connectivity index (χ0v) is 20.7. The normalized spacial score (nSPS) is 26.6. The summed E-state index contributed by atoms with van der Waals surface area (Å²) in [5.74, 6) is -0.0954. The molecule has 3 aliphatic rings. The van der Waals surface area contributed by atoms with Gasteiger partial charge in [-0.3, -0.25) is 24.6 Å². The van der Waals surface area contributed by atoms with Gasteiger partial charge in [-0.05, 0) is 25.5 Å². The molecule has 3 aromatic rings. The van der Waals surface area contributed by atoms with Crippen LogP contribution in [0.3, 0.4) is 0 Å². The van der Waals surface area contributed by atoms with Crippen LogP contribution in [-0.2, 0) is 10.3 Å². The Bertz CT molecular complexity index is 1420. The first kappa shape index (κ1) is 22.9. The van der Waals surface area contributed by atoms with Crippen molar-refractivity contribution in [2.24, 2.45) is 5.92 Å². The maximum atomic E-state index is 14.4. The molecule has 4 atom stereocenters. The van der Waals surface area contributed by atoms with E-state index in [4.69, 9.17) is 0 Å². The lowest BCUT2D eigenvalue weighted by Gasteiger charge is -2.36. The first-order chi connectivity index (χ1) is 17.3. The Morgan fingerprint density at radius 2 is 1.83 bits per heavy atom. The number of benzene rings is 3. The maximum absolute atomic E-state index is 14.4. The molecular formula is C28H25N3O4S. The molecule has 2 saturated heterocycles. The summed E-state index contributed by atoms with van der Waals surface area (Å²) in [6.45, 7) is 3.95. The predicted molar refractivity (Wildman–Crippen MR) is 139 cm³/mol. The number of hydrogen-bond acceptors (Lipinski definition) is 6. The number of rotatable bonds is 4. The number of aryl methyl sites for hydroxylation is 2. The van der Waals surface area contributed by atoms with Crippen molar-refractivity contribution in [2.75, 3.05) is 16.9 Å². The Hall–Kier alpha value is -3.49. The molecule has 0 aromatic heterocycles. The van der Waals surface area contributed by atoms with Crippen LogP contribution in [0, 0.1) is 29.9 Å². The highest BCUT2D eigenvalue weighted by Gasteiger charge is 2.69. The fraction of sp³-hybridized carbons (Fsp3) is 0.286. The van der Waals surface area contributed by atoms with E-state index in [1.165, 1.54) is 6.07 Å². The lowest BCUT2D eigenvalue weighted by molar-refractivity contribution is -0.384. The molecule has 36 heavy (non-hydrogen) atoms. The van der Waals surface area contributed by atoms with Crippen LogP contribution in [0.1, 0.15) is 38.5 Å². The molecule has 0 aliphatic carbocycles. The molecule has 1 spiro atoms. The van der Waals surface area contributed by atoms with Gasteiger partial charge in [-0.1, -0.05) is 59.7 Å². The first-order valence-electron chi connectivity index (χ1n) is 11.9. The average Bonchev–Trinajstić information content (AvgIpc) is 3.52. The molecular weight excluding hydrogens is 474 g/mol. The number of amides is 1. The van der Waals surface area contributed by atoms with E-state index in [9.17, 15) is 19.7 Å². The Kier molecular flexibility index (Phi) is 5.28. The van der Waals surface area contributed by atoms with Gasteiger partial charge in [0.15, 0.2) is 5.78 Å². The standard InChI is InChI=1S/C28H25N3O4S/c1-16-6-9-18(10-7-16)26(32)25-24(19-4-3-5-20(13-19)31(34)35)23-14-36-15-30(23)28(25)21-12-17(2)8-11-22(21)29-27(28)33/h3-13,23-25H,14-15H2,1-2H3,(H,29,33)/t23-,24-,25-,28+/m0/s1. The minimum absolute atomic E-state index is 0.0145. The predicted octanol–water partition coefficient (Wildman–Crippen LogP) is 5.03. The van der Waals surface area contributed by atoms with Crippen LogP contribution in [-0.4, -0.2) is 39.2 Å². The van der Waals surface area contributed by atoms with Crippen LogP contribution in [0.5, 0.6) is 0 Å². The van der Waals surface area contributed by atoms with Gasteiger partial charge >= 0.3 is 0 Å². The number of ketones is 1. The molecule has 0 radical (unpaired) electrons. The smallest absolute Gasteiger partial charge is 0.269 e. The largest absolute Gasteiger partial charge is 0.324 e. The van der Waals surface area contributed by atoms with E-state index >= 15 is 0 Å². The van der Waals surface area contributed by atoms with Gasteiger partial charge in [-0.15, -0.1) is 11.8 Å². The lowest BCUT2D eigenvalue weighted by atomic mass is 9.69. The van der Waals surface area contributed by atoms with Crippen LogP contribution in [0.4, 0.5) is 11.4 Å². The highest BCUT2D eigenvalue weighted by atomic mass is 32.2. The van der Waals surface area contributed by atoms with Gasteiger partial charge in [0.2, 0.25) is 5.91 Å². The van der Waals surface area contributed by atoms with E-state index < -0.39 is 16.4 Å². The third-order valence-corrected chi connectivity index (χ3v) is 8.90. The second-order valence-electron chi connectivity index (χ2n) is 9.89. The molecule has 0 saturated carbocycles. The number of carbonyl (C=O) groups excluding carboxylic acids is 2. The van der Waals surface area contributed by atoms with Crippen molar-refractivity contribution in [1.29, 1.82) is 0 Å². The Morgan fingerprint density at radius 1 is 1.08 bits per heavy atom. The Morgan fingerprint density at radius 3 is 2.58 bits per heavy atom. The molecule has 1 amide bonds. The van der Waals surface area contributed by atoms with E-state index in [1.54, 1.807) is 23.9 Å². The Balaban J connectivity index is 1.62. The summed E-state index contributed by atoms with van der Waals surface area (Å²) in [6.07, 6.45) is 0. The van der Waals surface area contributed by atoms with Crippen LogP contribution in [0.2, 0.25) is 0 Å². The fourth-order valence-corrected chi connectivity index (χ4v) is 7.63. The van der Waals surface area contributed by atoms with Crippen molar-refractivity contribution >= 4 is 34.8 Å². The summed E-state index contributed by atoms with van der Waals surface area (Å²) in [5, 5.41) is 14.7. The number of nitro groups is 1. The van der Waals surface area contributed by atoms with E-state index in [0.29, 0.717) is 11.4 Å². The number of nitrogens with one attached hydrogen (secondary N) is 1. The highest BCUT2D eigenvalue weighted by Crippen LogP contribution is 2.61.